The first-order chi connectivity index (χ1) is 12.8. The van der Waals surface area contributed by atoms with E-state index in [0.717, 1.165) is 39.1 Å². The van der Waals surface area contributed by atoms with Gasteiger partial charge in [-0.05, 0) is 30.7 Å². The molecule has 138 valence electrons. The van der Waals surface area contributed by atoms with Gasteiger partial charge in [-0.1, -0.05) is 30.3 Å². The zero-order valence-electron chi connectivity index (χ0n) is 15.2. The number of hydrogen-bond acceptors (Lipinski definition) is 4. The summed E-state index contributed by atoms with van der Waals surface area (Å²) in [7, 11) is 0. The number of fused-ring (bicyclic) bond motifs is 4. The van der Waals surface area contributed by atoms with E-state index in [4.69, 9.17) is 0 Å². The fourth-order valence-electron chi connectivity index (χ4n) is 4.29. The molecule has 6 nitrogen and oxygen atoms in total. The third-order valence-corrected chi connectivity index (χ3v) is 5.65. The summed E-state index contributed by atoms with van der Waals surface area (Å²) in [6.07, 6.45) is 7.12. The maximum absolute atomic E-state index is 12.7. The van der Waals surface area contributed by atoms with Gasteiger partial charge < -0.3 is 4.90 Å². The molecule has 4 heterocycles. The van der Waals surface area contributed by atoms with Crippen LogP contribution in [-0.2, 0) is 17.9 Å². The highest BCUT2D eigenvalue weighted by Gasteiger charge is 2.36. The highest BCUT2D eigenvalue weighted by Crippen LogP contribution is 2.29. The summed E-state index contributed by atoms with van der Waals surface area (Å²) < 4.78 is 1.79. The number of rotatable bonds is 6. The van der Waals surface area contributed by atoms with E-state index in [9.17, 15) is 4.79 Å². The molecular formula is C20H27N5O. The average molecular weight is 353 g/mol. The minimum Gasteiger partial charge on any atom is -0.341 e. The van der Waals surface area contributed by atoms with E-state index in [1.165, 1.54) is 24.7 Å². The monoisotopic (exact) mass is 353 g/mol. The zero-order valence-corrected chi connectivity index (χ0v) is 15.2. The first-order valence-corrected chi connectivity index (χ1v) is 9.66. The molecular weight excluding hydrogens is 326 g/mol. The van der Waals surface area contributed by atoms with Crippen molar-refractivity contribution in [3.63, 3.8) is 0 Å². The number of hydrogen-bond donors (Lipinski definition) is 0. The van der Waals surface area contributed by atoms with Gasteiger partial charge in [0.1, 0.15) is 12.7 Å². The fraction of sp³-hybridized carbons (Fsp3) is 0.550. The summed E-state index contributed by atoms with van der Waals surface area (Å²) in [4.78, 5) is 21.4. The molecule has 1 amide bonds. The highest BCUT2D eigenvalue weighted by atomic mass is 16.2. The standard InChI is InChI=1S/C20H27N5O/c26-20(7-4-10-25-16-21-15-22-25)24-13-18-8-9-19(14-24)23(12-18)11-17-5-2-1-3-6-17/h1-3,5-6,15-16,18-19H,4,7-14H2/t18-,19-/m0/s1. The van der Waals surface area contributed by atoms with Gasteiger partial charge in [0.05, 0.1) is 0 Å². The van der Waals surface area contributed by atoms with Crippen LogP contribution in [0.3, 0.4) is 0 Å². The van der Waals surface area contributed by atoms with Crippen molar-refractivity contribution < 1.29 is 4.79 Å². The topological polar surface area (TPSA) is 54.3 Å². The lowest BCUT2D eigenvalue weighted by Crippen LogP contribution is -2.43. The van der Waals surface area contributed by atoms with Crippen LogP contribution in [0.1, 0.15) is 31.2 Å². The molecule has 6 heteroatoms. The summed E-state index contributed by atoms with van der Waals surface area (Å²) in [6, 6.07) is 11.2. The normalized spacial score (nSPS) is 23.2. The molecule has 1 aromatic heterocycles. The Bertz CT molecular complexity index is 702. The van der Waals surface area contributed by atoms with Crippen LogP contribution in [0.4, 0.5) is 0 Å². The summed E-state index contributed by atoms with van der Waals surface area (Å²) in [5.41, 5.74) is 1.37. The molecule has 0 N–H and O–H groups in total. The van der Waals surface area contributed by atoms with Crippen LogP contribution in [0, 0.1) is 5.92 Å². The van der Waals surface area contributed by atoms with Crippen molar-refractivity contribution in [1.82, 2.24) is 24.6 Å². The van der Waals surface area contributed by atoms with Gasteiger partial charge in [0.25, 0.3) is 0 Å². The van der Waals surface area contributed by atoms with Gasteiger partial charge in [-0.15, -0.1) is 0 Å². The number of benzene rings is 1. The van der Waals surface area contributed by atoms with Gasteiger partial charge in [-0.2, -0.15) is 5.10 Å². The molecule has 2 aromatic rings. The second-order valence-electron chi connectivity index (χ2n) is 7.57. The Kier molecular flexibility index (Phi) is 5.29. The molecule has 0 saturated carbocycles. The number of nitrogens with zero attached hydrogens (tertiary/aromatic N) is 5. The minimum absolute atomic E-state index is 0.295. The first-order valence-electron chi connectivity index (χ1n) is 9.66. The quantitative estimate of drug-likeness (QED) is 0.799. The number of aryl methyl sites for hydroxylation is 1. The van der Waals surface area contributed by atoms with Crippen molar-refractivity contribution in [3.05, 3.63) is 48.5 Å². The second-order valence-corrected chi connectivity index (χ2v) is 7.57. The largest absolute Gasteiger partial charge is 0.341 e. The minimum atomic E-state index is 0.295. The molecule has 0 radical (unpaired) electrons. The van der Waals surface area contributed by atoms with Gasteiger partial charge >= 0.3 is 0 Å². The van der Waals surface area contributed by atoms with E-state index in [1.54, 1.807) is 11.0 Å². The van der Waals surface area contributed by atoms with Gasteiger partial charge in [0, 0.05) is 45.2 Å². The molecule has 3 fully saturated rings. The molecule has 2 atom stereocenters. The Labute approximate surface area is 154 Å². The van der Waals surface area contributed by atoms with Crippen LogP contribution >= 0.6 is 0 Å². The van der Waals surface area contributed by atoms with Crippen LogP contribution < -0.4 is 0 Å². The zero-order chi connectivity index (χ0) is 17.8. The van der Waals surface area contributed by atoms with Crippen molar-refractivity contribution in [2.45, 2.75) is 44.8 Å². The van der Waals surface area contributed by atoms with E-state index >= 15 is 0 Å². The van der Waals surface area contributed by atoms with Crippen LogP contribution in [0.15, 0.2) is 43.0 Å². The lowest BCUT2D eigenvalue weighted by atomic mass is 9.94. The maximum atomic E-state index is 12.7. The number of aromatic nitrogens is 3. The lowest BCUT2D eigenvalue weighted by molar-refractivity contribution is -0.131. The smallest absolute Gasteiger partial charge is 0.222 e. The van der Waals surface area contributed by atoms with Crippen molar-refractivity contribution >= 4 is 5.91 Å². The van der Waals surface area contributed by atoms with E-state index in [2.05, 4.69) is 50.2 Å². The lowest BCUT2D eigenvalue weighted by Gasteiger charge is -2.36. The number of amides is 1. The van der Waals surface area contributed by atoms with Crippen LogP contribution in [0.25, 0.3) is 0 Å². The number of carbonyl (C=O) groups excluding carboxylic acids is 1. The van der Waals surface area contributed by atoms with Gasteiger partial charge in [-0.25, -0.2) is 4.98 Å². The summed E-state index contributed by atoms with van der Waals surface area (Å²) in [5, 5.41) is 4.10. The molecule has 5 rings (SSSR count). The SMILES string of the molecule is O=C(CCCn1cncn1)N1C[C@H]2CC[C@@H](C1)N(Cc1ccccc1)C2. The van der Waals surface area contributed by atoms with Crippen molar-refractivity contribution in [1.29, 1.82) is 0 Å². The van der Waals surface area contributed by atoms with E-state index in [0.29, 0.717) is 24.3 Å². The molecule has 0 aliphatic carbocycles. The Morgan fingerprint density at radius 1 is 1.12 bits per heavy atom. The predicted octanol–water partition coefficient (Wildman–Crippen LogP) is 2.18. The predicted molar refractivity (Wildman–Crippen MR) is 99.2 cm³/mol. The fourth-order valence-corrected chi connectivity index (χ4v) is 4.29. The van der Waals surface area contributed by atoms with E-state index in [-0.39, 0.29) is 0 Å². The van der Waals surface area contributed by atoms with Crippen LogP contribution in [-0.4, -0.2) is 56.1 Å². The third-order valence-electron chi connectivity index (χ3n) is 5.65. The Balaban J connectivity index is 1.32. The Morgan fingerprint density at radius 3 is 2.81 bits per heavy atom. The Morgan fingerprint density at radius 2 is 2.00 bits per heavy atom. The number of carbonyl (C=O) groups is 1. The molecule has 3 aliphatic heterocycles. The maximum Gasteiger partial charge on any atom is 0.222 e. The van der Waals surface area contributed by atoms with Crippen molar-refractivity contribution in [2.75, 3.05) is 19.6 Å². The molecule has 0 spiro atoms. The van der Waals surface area contributed by atoms with Crippen LogP contribution in [0.5, 0.6) is 0 Å². The molecule has 0 unspecified atom stereocenters. The summed E-state index contributed by atoms with van der Waals surface area (Å²) >= 11 is 0. The first kappa shape index (κ1) is 17.2. The summed E-state index contributed by atoms with van der Waals surface area (Å²) in [5.74, 6) is 0.903. The van der Waals surface area contributed by atoms with Crippen molar-refractivity contribution in [2.24, 2.45) is 5.92 Å². The molecule has 3 aliphatic rings. The van der Waals surface area contributed by atoms with Gasteiger partial charge in [-0.3, -0.25) is 14.4 Å². The molecule has 2 bridgehead atoms. The number of piperidine rings is 1. The van der Waals surface area contributed by atoms with E-state index < -0.39 is 0 Å². The second kappa shape index (κ2) is 7.99. The molecule has 3 saturated heterocycles. The summed E-state index contributed by atoms with van der Waals surface area (Å²) in [6.45, 7) is 4.67. The third kappa shape index (κ3) is 4.12. The van der Waals surface area contributed by atoms with Crippen molar-refractivity contribution in [3.8, 4) is 0 Å². The average Bonchev–Trinajstić information content (AvgIpc) is 3.01. The molecule has 1 aromatic carbocycles. The van der Waals surface area contributed by atoms with Gasteiger partial charge in [0.2, 0.25) is 5.91 Å². The highest BCUT2D eigenvalue weighted by molar-refractivity contribution is 5.76. The Hall–Kier alpha value is -2.21. The van der Waals surface area contributed by atoms with Crippen LogP contribution in [0.2, 0.25) is 0 Å². The van der Waals surface area contributed by atoms with Gasteiger partial charge in [0.15, 0.2) is 0 Å². The van der Waals surface area contributed by atoms with E-state index in [1.807, 2.05) is 0 Å². The molecule has 26 heavy (non-hydrogen) atoms.